The molecule has 0 bridgehead atoms. The number of benzene rings is 2. The molecule has 1 heterocycles. The van der Waals surface area contributed by atoms with Crippen LogP contribution in [0.3, 0.4) is 0 Å². The summed E-state index contributed by atoms with van der Waals surface area (Å²) in [7, 11) is -3.95. The predicted octanol–water partition coefficient (Wildman–Crippen LogP) is 3.15. The van der Waals surface area contributed by atoms with Crippen LogP contribution < -0.4 is 9.62 Å². The molecule has 2 aromatic rings. The summed E-state index contributed by atoms with van der Waals surface area (Å²) < 4.78 is 28.2. The number of hydrogen-bond donors (Lipinski definition) is 1. The molecule has 156 valence electrons. The van der Waals surface area contributed by atoms with Crippen molar-refractivity contribution in [3.05, 3.63) is 57.6 Å². The van der Waals surface area contributed by atoms with Crippen LogP contribution in [-0.4, -0.2) is 51.0 Å². The van der Waals surface area contributed by atoms with Gasteiger partial charge < -0.3 is 9.80 Å². The van der Waals surface area contributed by atoms with E-state index in [1.54, 1.807) is 6.07 Å². The van der Waals surface area contributed by atoms with Crippen LogP contribution in [0, 0.1) is 24.0 Å². The molecule has 0 atom stereocenters. The van der Waals surface area contributed by atoms with Crippen molar-refractivity contribution >= 4 is 27.1 Å². The second-order valence-corrected chi connectivity index (χ2v) is 8.94. The highest BCUT2D eigenvalue weighted by atomic mass is 32.2. The van der Waals surface area contributed by atoms with E-state index < -0.39 is 14.9 Å². The number of piperazine rings is 1. The minimum atomic E-state index is -3.95. The second-order valence-electron chi connectivity index (χ2n) is 7.25. The molecule has 2 aromatic carbocycles. The Morgan fingerprint density at radius 1 is 1.07 bits per heavy atom. The van der Waals surface area contributed by atoms with Crippen LogP contribution in [0.4, 0.5) is 17.1 Å². The van der Waals surface area contributed by atoms with E-state index in [9.17, 15) is 18.5 Å². The highest BCUT2D eigenvalue weighted by molar-refractivity contribution is 7.92. The zero-order valence-corrected chi connectivity index (χ0v) is 17.7. The lowest BCUT2D eigenvalue weighted by Gasteiger charge is -2.35. The van der Waals surface area contributed by atoms with Gasteiger partial charge >= 0.3 is 0 Å². The first kappa shape index (κ1) is 21.1. The number of nitro groups is 1. The van der Waals surface area contributed by atoms with Crippen molar-refractivity contribution in [3.63, 3.8) is 0 Å². The Hall–Kier alpha value is -2.65. The standard InChI is InChI=1S/C20H26N4O4S/c1-4-22-9-11-23(12-10-22)19-8-6-17(14-20(19)24(25)26)29(27,28)21-18-7-5-15(2)13-16(18)3/h5-8,13-14,21H,4,9-12H2,1-3H3. The molecule has 0 aromatic heterocycles. The van der Waals surface area contributed by atoms with Gasteiger partial charge in [-0.15, -0.1) is 0 Å². The van der Waals surface area contributed by atoms with Crippen molar-refractivity contribution in [3.8, 4) is 0 Å². The number of nitrogens with zero attached hydrogens (tertiary/aromatic N) is 3. The Morgan fingerprint density at radius 2 is 1.76 bits per heavy atom. The van der Waals surface area contributed by atoms with Gasteiger partial charge in [-0.25, -0.2) is 8.42 Å². The fraction of sp³-hybridized carbons (Fsp3) is 0.400. The maximum absolute atomic E-state index is 12.8. The maximum Gasteiger partial charge on any atom is 0.293 e. The molecule has 1 fully saturated rings. The van der Waals surface area contributed by atoms with Crippen LogP contribution in [0.2, 0.25) is 0 Å². The maximum atomic E-state index is 12.8. The van der Waals surface area contributed by atoms with Gasteiger partial charge in [0.15, 0.2) is 0 Å². The van der Waals surface area contributed by atoms with Gasteiger partial charge in [0.1, 0.15) is 5.69 Å². The molecule has 0 amide bonds. The first-order valence-electron chi connectivity index (χ1n) is 9.57. The fourth-order valence-corrected chi connectivity index (χ4v) is 4.67. The van der Waals surface area contributed by atoms with Gasteiger partial charge in [0.05, 0.1) is 15.5 Å². The van der Waals surface area contributed by atoms with Crippen molar-refractivity contribution in [1.29, 1.82) is 0 Å². The molecule has 1 saturated heterocycles. The normalized spacial score (nSPS) is 15.3. The zero-order chi connectivity index (χ0) is 21.2. The lowest BCUT2D eigenvalue weighted by Crippen LogP contribution is -2.46. The average molecular weight is 419 g/mol. The SMILES string of the molecule is CCN1CCN(c2ccc(S(=O)(=O)Nc3ccc(C)cc3C)cc2[N+](=O)[O-])CC1. The molecule has 0 spiro atoms. The Labute approximate surface area is 171 Å². The fourth-order valence-electron chi connectivity index (χ4n) is 3.52. The highest BCUT2D eigenvalue weighted by Crippen LogP contribution is 2.32. The Kier molecular flexibility index (Phi) is 6.09. The summed E-state index contributed by atoms with van der Waals surface area (Å²) in [6.07, 6.45) is 0. The van der Waals surface area contributed by atoms with Gasteiger partial charge in [-0.1, -0.05) is 24.6 Å². The quantitative estimate of drug-likeness (QED) is 0.572. The van der Waals surface area contributed by atoms with Crippen LogP contribution >= 0.6 is 0 Å². The number of rotatable bonds is 6. The number of aryl methyl sites for hydroxylation is 2. The molecule has 1 aliphatic heterocycles. The third-order valence-electron chi connectivity index (χ3n) is 5.24. The highest BCUT2D eigenvalue weighted by Gasteiger charge is 2.26. The number of sulfonamides is 1. The van der Waals surface area contributed by atoms with E-state index in [0.717, 1.165) is 36.8 Å². The van der Waals surface area contributed by atoms with Gasteiger partial charge in [0.2, 0.25) is 0 Å². The lowest BCUT2D eigenvalue weighted by molar-refractivity contribution is -0.384. The van der Waals surface area contributed by atoms with Gasteiger partial charge in [0.25, 0.3) is 15.7 Å². The summed E-state index contributed by atoms with van der Waals surface area (Å²) in [6.45, 7) is 9.74. The second kappa shape index (κ2) is 8.38. The number of nitrogens with one attached hydrogen (secondary N) is 1. The Bertz CT molecular complexity index is 1020. The molecule has 0 saturated carbocycles. The van der Waals surface area contributed by atoms with E-state index in [-0.39, 0.29) is 10.6 Å². The Morgan fingerprint density at radius 3 is 2.34 bits per heavy atom. The molecule has 0 aliphatic carbocycles. The van der Waals surface area contributed by atoms with Crippen molar-refractivity contribution in [2.24, 2.45) is 0 Å². The largest absolute Gasteiger partial charge is 0.363 e. The van der Waals surface area contributed by atoms with Gasteiger partial charge in [-0.2, -0.15) is 0 Å². The van der Waals surface area contributed by atoms with Crippen molar-refractivity contribution in [2.45, 2.75) is 25.7 Å². The summed E-state index contributed by atoms with van der Waals surface area (Å²) >= 11 is 0. The molecule has 1 aliphatic rings. The van der Waals surface area contributed by atoms with E-state index in [1.807, 2.05) is 30.9 Å². The smallest absolute Gasteiger partial charge is 0.293 e. The van der Waals surface area contributed by atoms with Gasteiger partial charge in [0, 0.05) is 32.2 Å². The van der Waals surface area contributed by atoms with E-state index in [4.69, 9.17) is 0 Å². The summed E-state index contributed by atoms with van der Waals surface area (Å²) in [5.41, 5.74) is 2.52. The summed E-state index contributed by atoms with van der Waals surface area (Å²) in [5, 5.41) is 11.7. The average Bonchev–Trinajstić information content (AvgIpc) is 2.69. The Balaban J connectivity index is 1.90. The van der Waals surface area contributed by atoms with Gasteiger partial charge in [-0.3, -0.25) is 14.8 Å². The third kappa shape index (κ3) is 4.68. The molecular weight excluding hydrogens is 392 g/mol. The van der Waals surface area contributed by atoms with Crippen LogP contribution in [-0.2, 0) is 10.0 Å². The van der Waals surface area contributed by atoms with E-state index in [0.29, 0.717) is 24.5 Å². The first-order chi connectivity index (χ1) is 13.7. The predicted molar refractivity (Wildman–Crippen MR) is 114 cm³/mol. The van der Waals surface area contributed by atoms with Crippen LogP contribution in [0.15, 0.2) is 41.3 Å². The van der Waals surface area contributed by atoms with E-state index in [2.05, 4.69) is 16.5 Å². The number of likely N-dealkylation sites (N-methyl/N-ethyl adjacent to an activating group) is 1. The molecule has 29 heavy (non-hydrogen) atoms. The molecular formula is C20H26N4O4S. The lowest BCUT2D eigenvalue weighted by atomic mass is 10.1. The summed E-state index contributed by atoms with van der Waals surface area (Å²) in [5.74, 6) is 0. The zero-order valence-electron chi connectivity index (χ0n) is 16.9. The van der Waals surface area contributed by atoms with Crippen molar-refractivity contribution < 1.29 is 13.3 Å². The third-order valence-corrected chi connectivity index (χ3v) is 6.60. The molecule has 0 radical (unpaired) electrons. The monoisotopic (exact) mass is 418 g/mol. The van der Waals surface area contributed by atoms with Crippen LogP contribution in [0.1, 0.15) is 18.1 Å². The number of nitro benzene ring substituents is 1. The van der Waals surface area contributed by atoms with E-state index >= 15 is 0 Å². The van der Waals surface area contributed by atoms with Crippen LogP contribution in [0.5, 0.6) is 0 Å². The first-order valence-corrected chi connectivity index (χ1v) is 11.1. The molecule has 0 unspecified atom stereocenters. The van der Waals surface area contributed by atoms with Gasteiger partial charge in [-0.05, 0) is 44.2 Å². The van der Waals surface area contributed by atoms with Crippen LogP contribution in [0.25, 0.3) is 0 Å². The number of anilines is 2. The van der Waals surface area contributed by atoms with Crippen molar-refractivity contribution in [2.75, 3.05) is 42.3 Å². The van der Waals surface area contributed by atoms with Crippen molar-refractivity contribution in [1.82, 2.24) is 4.90 Å². The minimum absolute atomic E-state index is 0.125. The topological polar surface area (TPSA) is 95.8 Å². The molecule has 3 rings (SSSR count). The minimum Gasteiger partial charge on any atom is -0.363 e. The summed E-state index contributed by atoms with van der Waals surface area (Å²) in [4.78, 5) is 15.2. The van der Waals surface area contributed by atoms with E-state index in [1.165, 1.54) is 12.1 Å². The summed E-state index contributed by atoms with van der Waals surface area (Å²) in [6, 6.07) is 9.49. The molecule has 9 heteroatoms. The number of hydrogen-bond acceptors (Lipinski definition) is 6. The molecule has 1 N–H and O–H groups in total. The molecule has 8 nitrogen and oxygen atoms in total.